The van der Waals surface area contributed by atoms with E-state index in [0.717, 1.165) is 25.0 Å². The van der Waals surface area contributed by atoms with E-state index in [4.69, 9.17) is 17.3 Å². The highest BCUT2D eigenvalue weighted by Crippen LogP contribution is 2.34. The first kappa shape index (κ1) is 12.7. The predicted octanol–water partition coefficient (Wildman–Crippen LogP) is 3.91. The normalized spacial score (nSPS) is 18.4. The molecule has 0 bridgehead atoms. The summed E-state index contributed by atoms with van der Waals surface area (Å²) in [5, 5.41) is 0.557. The van der Waals surface area contributed by atoms with Crippen molar-refractivity contribution < 1.29 is 4.39 Å². The highest BCUT2D eigenvalue weighted by Gasteiger charge is 2.23. The van der Waals surface area contributed by atoms with Gasteiger partial charge in [0.05, 0.1) is 10.7 Å². The number of hydrogen-bond acceptors (Lipinski definition) is 1. The van der Waals surface area contributed by atoms with Crippen molar-refractivity contribution in [1.29, 1.82) is 0 Å². The van der Waals surface area contributed by atoms with Crippen LogP contribution in [-0.4, -0.2) is 4.57 Å². The SMILES string of the molecule is Cc1cc2c(n1-c1cc(F)ccc1Cl)CCCC2N. The van der Waals surface area contributed by atoms with Gasteiger partial charge < -0.3 is 10.3 Å². The Labute approximate surface area is 117 Å². The van der Waals surface area contributed by atoms with E-state index in [2.05, 4.69) is 6.07 Å². The molecule has 3 rings (SSSR count). The van der Waals surface area contributed by atoms with Crippen LogP contribution < -0.4 is 5.73 Å². The second-order valence-corrected chi connectivity index (χ2v) is 5.52. The summed E-state index contributed by atoms with van der Waals surface area (Å²) >= 11 is 6.22. The Morgan fingerprint density at radius 3 is 2.95 bits per heavy atom. The molecule has 1 aliphatic rings. The molecule has 2 N–H and O–H groups in total. The molecule has 0 spiro atoms. The first-order chi connectivity index (χ1) is 9.08. The summed E-state index contributed by atoms with van der Waals surface area (Å²) in [6.07, 6.45) is 3.03. The Bertz CT molecular complexity index is 633. The maximum atomic E-state index is 13.5. The molecule has 0 aliphatic heterocycles. The lowest BCUT2D eigenvalue weighted by Crippen LogP contribution is -2.18. The molecule has 1 aromatic heterocycles. The largest absolute Gasteiger partial charge is 0.324 e. The third-order valence-corrected chi connectivity index (χ3v) is 4.12. The summed E-state index contributed by atoms with van der Waals surface area (Å²) in [4.78, 5) is 0. The van der Waals surface area contributed by atoms with Crippen LogP contribution in [0.15, 0.2) is 24.3 Å². The maximum Gasteiger partial charge on any atom is 0.125 e. The van der Waals surface area contributed by atoms with Crippen LogP contribution in [0.2, 0.25) is 5.02 Å². The van der Waals surface area contributed by atoms with Gasteiger partial charge in [-0.15, -0.1) is 0 Å². The molecule has 0 saturated carbocycles. The number of hydrogen-bond donors (Lipinski definition) is 1. The minimum absolute atomic E-state index is 0.0797. The van der Waals surface area contributed by atoms with Crippen LogP contribution in [0.3, 0.4) is 0 Å². The van der Waals surface area contributed by atoms with Gasteiger partial charge in [0, 0.05) is 17.4 Å². The van der Waals surface area contributed by atoms with Gasteiger partial charge in [0.15, 0.2) is 0 Å². The van der Waals surface area contributed by atoms with E-state index >= 15 is 0 Å². The molecular formula is C15H16ClFN2. The first-order valence-corrected chi connectivity index (χ1v) is 6.88. The maximum absolute atomic E-state index is 13.5. The van der Waals surface area contributed by atoms with Gasteiger partial charge in [-0.2, -0.15) is 0 Å². The molecule has 0 fully saturated rings. The smallest absolute Gasteiger partial charge is 0.125 e. The van der Waals surface area contributed by atoms with Crippen molar-refractivity contribution in [2.75, 3.05) is 0 Å². The van der Waals surface area contributed by atoms with Crippen LogP contribution in [0.25, 0.3) is 5.69 Å². The zero-order chi connectivity index (χ0) is 13.6. The van der Waals surface area contributed by atoms with Gasteiger partial charge in [-0.1, -0.05) is 11.6 Å². The Morgan fingerprint density at radius 2 is 2.16 bits per heavy atom. The van der Waals surface area contributed by atoms with E-state index in [1.807, 2.05) is 11.5 Å². The van der Waals surface area contributed by atoms with Crippen LogP contribution in [-0.2, 0) is 6.42 Å². The summed E-state index contributed by atoms with van der Waals surface area (Å²) < 4.78 is 15.5. The zero-order valence-corrected chi connectivity index (χ0v) is 11.5. The molecule has 100 valence electrons. The molecule has 2 aromatic rings. The summed E-state index contributed by atoms with van der Waals surface area (Å²) in [6, 6.07) is 6.64. The summed E-state index contributed by atoms with van der Waals surface area (Å²) in [6.45, 7) is 2.01. The van der Waals surface area contributed by atoms with Gasteiger partial charge in [0.1, 0.15) is 5.82 Å². The fraction of sp³-hybridized carbons (Fsp3) is 0.333. The van der Waals surface area contributed by atoms with Gasteiger partial charge in [0.2, 0.25) is 0 Å². The van der Waals surface area contributed by atoms with E-state index < -0.39 is 0 Å². The lowest BCUT2D eigenvalue weighted by Gasteiger charge is -2.21. The Kier molecular flexibility index (Phi) is 3.11. The number of halogens is 2. The quantitative estimate of drug-likeness (QED) is 0.842. The highest BCUT2D eigenvalue weighted by atomic mass is 35.5. The molecule has 4 heteroatoms. The molecule has 2 nitrogen and oxygen atoms in total. The Morgan fingerprint density at radius 1 is 1.37 bits per heavy atom. The number of aryl methyl sites for hydroxylation is 1. The molecule has 1 aromatic carbocycles. The minimum atomic E-state index is -0.277. The van der Waals surface area contributed by atoms with Crippen molar-refractivity contribution in [3.8, 4) is 5.69 Å². The summed E-state index contributed by atoms with van der Waals surface area (Å²) in [7, 11) is 0. The summed E-state index contributed by atoms with van der Waals surface area (Å²) in [5.74, 6) is -0.277. The van der Waals surface area contributed by atoms with Crippen LogP contribution in [0.5, 0.6) is 0 Å². The average Bonchev–Trinajstić information content (AvgIpc) is 2.70. The highest BCUT2D eigenvalue weighted by molar-refractivity contribution is 6.32. The molecule has 1 unspecified atom stereocenters. The second-order valence-electron chi connectivity index (χ2n) is 5.12. The lowest BCUT2D eigenvalue weighted by atomic mass is 9.93. The average molecular weight is 279 g/mol. The third kappa shape index (κ3) is 2.07. The predicted molar refractivity (Wildman–Crippen MR) is 75.3 cm³/mol. The second kappa shape index (κ2) is 4.66. The fourth-order valence-electron chi connectivity index (χ4n) is 2.93. The lowest BCUT2D eigenvalue weighted by molar-refractivity contribution is 0.559. The fourth-order valence-corrected chi connectivity index (χ4v) is 3.13. The van der Waals surface area contributed by atoms with Gasteiger partial charge in [0.25, 0.3) is 0 Å². The van der Waals surface area contributed by atoms with E-state index in [1.54, 1.807) is 6.07 Å². The molecule has 1 aliphatic carbocycles. The molecule has 1 atom stereocenters. The van der Waals surface area contributed by atoms with Crippen molar-refractivity contribution in [2.24, 2.45) is 5.73 Å². The van der Waals surface area contributed by atoms with Gasteiger partial charge in [-0.3, -0.25) is 0 Å². The number of rotatable bonds is 1. The standard InChI is InChI=1S/C15H16ClFN2/c1-9-7-11-13(18)3-2-4-14(11)19(9)15-8-10(17)5-6-12(15)16/h5-8,13H,2-4,18H2,1H3. The molecule has 1 heterocycles. The van der Waals surface area contributed by atoms with E-state index in [-0.39, 0.29) is 11.9 Å². The van der Waals surface area contributed by atoms with Crippen LogP contribution >= 0.6 is 11.6 Å². The molecule has 0 radical (unpaired) electrons. The molecule has 0 saturated heterocycles. The van der Waals surface area contributed by atoms with Gasteiger partial charge >= 0.3 is 0 Å². The topological polar surface area (TPSA) is 30.9 Å². The number of aromatic nitrogens is 1. The Balaban J connectivity index is 2.23. The molecular weight excluding hydrogens is 263 g/mol. The van der Waals surface area contributed by atoms with Crippen molar-refractivity contribution in [3.63, 3.8) is 0 Å². The van der Waals surface area contributed by atoms with Gasteiger partial charge in [-0.05, 0) is 56.0 Å². The molecule has 19 heavy (non-hydrogen) atoms. The first-order valence-electron chi connectivity index (χ1n) is 6.50. The van der Waals surface area contributed by atoms with Crippen LogP contribution in [0.1, 0.15) is 35.8 Å². The third-order valence-electron chi connectivity index (χ3n) is 3.80. The van der Waals surface area contributed by atoms with Crippen molar-refractivity contribution >= 4 is 11.6 Å². The van der Waals surface area contributed by atoms with E-state index in [0.29, 0.717) is 10.7 Å². The zero-order valence-electron chi connectivity index (χ0n) is 10.8. The Hall–Kier alpha value is -1.32. The molecule has 0 amide bonds. The van der Waals surface area contributed by atoms with Gasteiger partial charge in [-0.25, -0.2) is 4.39 Å². The van der Waals surface area contributed by atoms with Crippen LogP contribution in [0, 0.1) is 12.7 Å². The monoisotopic (exact) mass is 278 g/mol. The van der Waals surface area contributed by atoms with Crippen molar-refractivity contribution in [1.82, 2.24) is 4.57 Å². The van der Waals surface area contributed by atoms with Crippen molar-refractivity contribution in [3.05, 3.63) is 52.1 Å². The van der Waals surface area contributed by atoms with E-state index in [1.165, 1.54) is 23.4 Å². The number of nitrogens with zero attached hydrogens (tertiary/aromatic N) is 1. The van der Waals surface area contributed by atoms with Crippen molar-refractivity contribution in [2.45, 2.75) is 32.2 Å². The number of nitrogens with two attached hydrogens (primary N) is 1. The minimum Gasteiger partial charge on any atom is -0.324 e. The van der Waals surface area contributed by atoms with Crippen LogP contribution in [0.4, 0.5) is 4.39 Å². The number of fused-ring (bicyclic) bond motifs is 1. The van der Waals surface area contributed by atoms with E-state index in [9.17, 15) is 4.39 Å². The number of benzene rings is 1. The summed E-state index contributed by atoms with van der Waals surface area (Å²) in [5.41, 5.74) is 10.2.